The van der Waals surface area contributed by atoms with Crippen molar-refractivity contribution in [2.75, 3.05) is 20.3 Å². The van der Waals surface area contributed by atoms with Gasteiger partial charge in [-0.3, -0.25) is 19.2 Å². The number of rotatable bonds is 7. The Morgan fingerprint density at radius 2 is 1.56 bits per heavy atom. The summed E-state index contributed by atoms with van der Waals surface area (Å²) in [6.45, 7) is 15.9. The molecule has 1 heterocycles. The number of carbonyl (C=O) groups is 4. The highest BCUT2D eigenvalue weighted by Gasteiger charge is 2.41. The zero-order chi connectivity index (χ0) is 42.7. The molecule has 1 aliphatic heterocycles. The standard InChI is InChI=1S/C21H18O7.C12H18.C7H14O3.C5H10O2/c1-28-14-4-2-3-11-15(14)21(27)17-16(19(11)25)20(26)12-7-9(13(23)8-22)5-6-10(12)18(17)24;1-5-11-7-6-8-12(9(2)3)10(11)4;1-4-3-6(8)10-5(2)7(4)9;1-3-4-7-5(2)6/h2-4,9,22,24,26H,5-8H2,1H3;6-9H,5H2,1-4H3;4-9H,3H2,1-2H3;3-4H2,1-2H3/t;;4-,5-,6?,7?;/m..0./s1. The Morgan fingerprint density at radius 1 is 0.930 bits per heavy atom. The van der Waals surface area contributed by atoms with E-state index in [1.165, 1.54) is 36.8 Å². The Bertz CT molecular complexity index is 1890. The molecule has 3 aromatic carbocycles. The first-order valence-electron chi connectivity index (χ1n) is 19.7. The van der Waals surface area contributed by atoms with Crippen LogP contribution in [0.4, 0.5) is 0 Å². The first-order chi connectivity index (χ1) is 26.9. The average molecular weight is 793 g/mol. The lowest BCUT2D eigenvalue weighted by molar-refractivity contribution is -0.209. The number of hydrogen-bond acceptors (Lipinski definition) is 12. The molecule has 57 heavy (non-hydrogen) atoms. The first-order valence-corrected chi connectivity index (χ1v) is 19.7. The molecule has 0 radical (unpaired) electrons. The smallest absolute Gasteiger partial charge is 0.302 e. The minimum Gasteiger partial charge on any atom is -0.507 e. The average Bonchev–Trinajstić information content (AvgIpc) is 3.19. The van der Waals surface area contributed by atoms with E-state index in [-0.39, 0.29) is 81.7 Å². The van der Waals surface area contributed by atoms with E-state index >= 15 is 0 Å². The molecule has 3 unspecified atom stereocenters. The number of phenolic OH excluding ortho intramolecular Hbond substituents is 2. The highest BCUT2D eigenvalue weighted by molar-refractivity contribution is 6.31. The van der Waals surface area contributed by atoms with Crippen LogP contribution < -0.4 is 4.74 Å². The predicted octanol–water partition coefficient (Wildman–Crippen LogP) is 6.30. The molecule has 6 rings (SSSR count). The van der Waals surface area contributed by atoms with Crippen molar-refractivity contribution in [3.63, 3.8) is 0 Å². The summed E-state index contributed by atoms with van der Waals surface area (Å²) in [7, 11) is 1.38. The van der Waals surface area contributed by atoms with Gasteiger partial charge in [0.15, 0.2) is 17.9 Å². The summed E-state index contributed by atoms with van der Waals surface area (Å²) in [6, 6.07) is 11.2. The number of phenols is 2. The molecule has 0 saturated carbocycles. The third kappa shape index (κ3) is 11.1. The molecule has 312 valence electrons. The van der Waals surface area contributed by atoms with Crippen LogP contribution in [0.25, 0.3) is 0 Å². The normalized spacial score (nSPS) is 20.5. The van der Waals surface area contributed by atoms with E-state index in [0.29, 0.717) is 30.9 Å². The molecule has 0 amide bonds. The molecule has 0 aromatic heterocycles. The van der Waals surface area contributed by atoms with Gasteiger partial charge in [0.05, 0.1) is 42.6 Å². The molecule has 0 spiro atoms. The molecular weight excluding hydrogens is 732 g/mol. The molecule has 2 aliphatic carbocycles. The summed E-state index contributed by atoms with van der Waals surface area (Å²) in [5, 5.41) is 49.1. The molecule has 12 nitrogen and oxygen atoms in total. The highest BCUT2D eigenvalue weighted by Crippen LogP contribution is 2.47. The minimum absolute atomic E-state index is 0.0568. The number of ether oxygens (including phenoxy) is 3. The fourth-order valence-electron chi connectivity index (χ4n) is 7.47. The number of aliphatic hydroxyl groups excluding tert-OH is 3. The fourth-order valence-corrected chi connectivity index (χ4v) is 7.47. The maximum atomic E-state index is 13.1. The van der Waals surface area contributed by atoms with Crippen LogP contribution >= 0.6 is 0 Å². The number of aryl methyl sites for hydroxylation is 1. The second kappa shape index (κ2) is 21.2. The van der Waals surface area contributed by atoms with Crippen LogP contribution in [-0.2, 0) is 38.3 Å². The van der Waals surface area contributed by atoms with E-state index in [2.05, 4.69) is 50.6 Å². The number of esters is 1. The molecule has 3 aromatic rings. The van der Waals surface area contributed by atoms with Gasteiger partial charge in [-0.2, -0.15) is 0 Å². The van der Waals surface area contributed by atoms with Gasteiger partial charge in [-0.15, -0.1) is 0 Å². The number of methoxy groups -OCH3 is 1. The van der Waals surface area contributed by atoms with Crippen molar-refractivity contribution < 1.29 is 58.9 Å². The zero-order valence-electron chi connectivity index (χ0n) is 34.7. The maximum absolute atomic E-state index is 13.1. The van der Waals surface area contributed by atoms with Gasteiger partial charge in [-0.05, 0) is 80.5 Å². The van der Waals surface area contributed by atoms with E-state index in [4.69, 9.17) is 19.7 Å². The first kappa shape index (κ1) is 46.8. The van der Waals surface area contributed by atoms with Crippen molar-refractivity contribution in [2.45, 2.75) is 118 Å². The van der Waals surface area contributed by atoms with Crippen LogP contribution in [0.2, 0.25) is 0 Å². The van der Waals surface area contributed by atoms with Crippen LogP contribution in [-0.4, -0.2) is 87.7 Å². The quantitative estimate of drug-likeness (QED) is 0.104. The molecule has 1 fully saturated rings. The lowest BCUT2D eigenvalue weighted by Gasteiger charge is -2.33. The second-order valence-corrected chi connectivity index (χ2v) is 15.0. The summed E-state index contributed by atoms with van der Waals surface area (Å²) in [6.07, 6.45) is 1.94. The zero-order valence-corrected chi connectivity index (χ0v) is 34.7. The Morgan fingerprint density at radius 3 is 2.11 bits per heavy atom. The number of hydrogen-bond donors (Lipinski definition) is 5. The number of benzene rings is 3. The van der Waals surface area contributed by atoms with Gasteiger partial charge >= 0.3 is 5.97 Å². The van der Waals surface area contributed by atoms with Crippen molar-refractivity contribution in [1.82, 2.24) is 0 Å². The molecular formula is C45H60O12. The van der Waals surface area contributed by atoms with Gasteiger partial charge in [-0.25, -0.2) is 0 Å². The second-order valence-electron chi connectivity index (χ2n) is 15.0. The number of aromatic hydroxyl groups is 2. The van der Waals surface area contributed by atoms with Gasteiger partial charge in [0, 0.05) is 36.0 Å². The lowest BCUT2D eigenvalue weighted by atomic mass is 9.75. The summed E-state index contributed by atoms with van der Waals surface area (Å²) < 4.78 is 14.7. The molecule has 5 N–H and O–H groups in total. The van der Waals surface area contributed by atoms with Gasteiger partial charge in [0.1, 0.15) is 23.9 Å². The monoisotopic (exact) mass is 792 g/mol. The van der Waals surface area contributed by atoms with Gasteiger partial charge in [0.25, 0.3) is 0 Å². The van der Waals surface area contributed by atoms with E-state index in [1.54, 1.807) is 19.1 Å². The predicted molar refractivity (Wildman–Crippen MR) is 215 cm³/mol. The lowest BCUT2D eigenvalue weighted by Crippen LogP contribution is -2.42. The summed E-state index contributed by atoms with van der Waals surface area (Å²) >= 11 is 0. The Labute approximate surface area is 335 Å². The number of ketones is 3. The molecule has 5 atom stereocenters. The fraction of sp³-hybridized carbons (Fsp3) is 0.511. The third-order valence-corrected chi connectivity index (χ3v) is 10.6. The summed E-state index contributed by atoms with van der Waals surface area (Å²) in [4.78, 5) is 48.1. The molecule has 3 aliphatic rings. The Balaban J connectivity index is 0.000000246. The third-order valence-electron chi connectivity index (χ3n) is 10.6. The molecule has 0 bridgehead atoms. The van der Waals surface area contributed by atoms with Crippen LogP contribution in [0, 0.1) is 18.8 Å². The topological polar surface area (TPSA) is 197 Å². The number of Topliss-reactive ketones (excluding diaryl/α,β-unsaturated/α-hetero) is 1. The number of aliphatic hydroxyl groups is 3. The van der Waals surface area contributed by atoms with Gasteiger partial charge in [0.2, 0.25) is 5.78 Å². The van der Waals surface area contributed by atoms with Gasteiger partial charge in [-0.1, -0.05) is 65.0 Å². The van der Waals surface area contributed by atoms with E-state index in [9.17, 15) is 34.5 Å². The summed E-state index contributed by atoms with van der Waals surface area (Å²) in [5.41, 5.74) is 4.76. The van der Waals surface area contributed by atoms with Crippen LogP contribution in [0.1, 0.15) is 133 Å². The largest absolute Gasteiger partial charge is 0.507 e. The Kier molecular flexibility index (Phi) is 17.4. The van der Waals surface area contributed by atoms with Crippen molar-refractivity contribution >= 4 is 23.3 Å². The molecule has 1 saturated heterocycles. The van der Waals surface area contributed by atoms with Crippen molar-refractivity contribution in [3.05, 3.63) is 86.5 Å². The number of fused-ring (bicyclic) bond motifs is 3. The highest BCUT2D eigenvalue weighted by atomic mass is 16.6. The number of carbonyl (C=O) groups excluding carboxylic acids is 4. The SMILES string of the molecule is CCCOC(C)=O.CCc1cccc(C(C)C)c1C.COc1cccc2c1C(=O)c1c(O)c3c(c(O)c1C2=O)CC(C(=O)CO)CC3.C[C@@H]1OC(O)C[C@H](C)C1O. The van der Waals surface area contributed by atoms with Crippen LogP contribution in [0.15, 0.2) is 36.4 Å². The van der Waals surface area contributed by atoms with Crippen molar-refractivity contribution in [2.24, 2.45) is 11.8 Å². The van der Waals surface area contributed by atoms with E-state index in [1.807, 2.05) is 13.8 Å². The maximum Gasteiger partial charge on any atom is 0.302 e. The van der Waals surface area contributed by atoms with Gasteiger partial charge < -0.3 is 39.7 Å². The van der Waals surface area contributed by atoms with Crippen molar-refractivity contribution in [3.8, 4) is 17.2 Å². The molecule has 12 heteroatoms. The van der Waals surface area contributed by atoms with Crippen LogP contribution in [0.5, 0.6) is 17.2 Å². The van der Waals surface area contributed by atoms with Crippen LogP contribution in [0.3, 0.4) is 0 Å². The Hall–Kier alpha value is -4.62. The van der Waals surface area contributed by atoms with E-state index in [0.717, 1.165) is 12.8 Å². The summed E-state index contributed by atoms with van der Waals surface area (Å²) in [5.74, 6) is -1.97. The van der Waals surface area contributed by atoms with Crippen molar-refractivity contribution in [1.29, 1.82) is 0 Å². The van der Waals surface area contributed by atoms with E-state index < -0.39 is 36.5 Å². The minimum atomic E-state index is -0.687.